The van der Waals surface area contributed by atoms with Crippen molar-refractivity contribution in [3.63, 3.8) is 0 Å². The molecule has 2 N–H and O–H groups in total. The van der Waals surface area contributed by atoms with Gasteiger partial charge in [-0.1, -0.05) is 6.07 Å². The van der Waals surface area contributed by atoms with Crippen molar-refractivity contribution in [2.24, 2.45) is 0 Å². The van der Waals surface area contributed by atoms with E-state index in [2.05, 4.69) is 22.4 Å². The highest BCUT2D eigenvalue weighted by molar-refractivity contribution is 5.75. The molecule has 0 spiro atoms. The molecule has 0 amide bonds. The number of ether oxygens (including phenoxy) is 1. The molecule has 2 aliphatic rings. The summed E-state index contributed by atoms with van der Waals surface area (Å²) in [5, 5.41) is 22.6. The van der Waals surface area contributed by atoms with E-state index in [4.69, 9.17) is 4.74 Å². The molecule has 0 aliphatic heterocycles. The molecule has 0 radical (unpaired) electrons. The Bertz CT molecular complexity index is 999. The van der Waals surface area contributed by atoms with Gasteiger partial charge in [-0.15, -0.1) is 10.2 Å². The van der Waals surface area contributed by atoms with Gasteiger partial charge in [0, 0.05) is 29.8 Å². The molecule has 2 aromatic rings. The van der Waals surface area contributed by atoms with Crippen LogP contribution in [-0.4, -0.2) is 34.1 Å². The highest BCUT2D eigenvalue weighted by atomic mass is 19.3. The minimum atomic E-state index is -2.42. The zero-order valence-electron chi connectivity index (χ0n) is 16.9. The number of hydrogen-bond donors (Lipinski definition) is 2. The second kappa shape index (κ2) is 7.91. The van der Waals surface area contributed by atoms with Crippen LogP contribution in [-0.2, 0) is 17.6 Å². The maximum absolute atomic E-state index is 13.5. The number of nitrogens with one attached hydrogen (secondary N) is 1. The second-order valence-corrected chi connectivity index (χ2v) is 8.27. The Morgan fingerprint density at radius 2 is 1.83 bits per heavy atom. The number of methoxy groups -OCH3 is 1. The van der Waals surface area contributed by atoms with Crippen LogP contribution in [0.1, 0.15) is 49.3 Å². The summed E-state index contributed by atoms with van der Waals surface area (Å²) in [4.78, 5) is 0. The fraction of sp³-hybridized carbons (Fsp3) is 0.455. The molecule has 1 saturated carbocycles. The summed E-state index contributed by atoms with van der Waals surface area (Å²) < 4.78 is 44.1. The number of rotatable bonds is 5. The first-order valence-electron chi connectivity index (χ1n) is 10.1. The van der Waals surface area contributed by atoms with Crippen molar-refractivity contribution >= 4 is 11.6 Å². The molecule has 4 rings (SSSR count). The van der Waals surface area contributed by atoms with Crippen LogP contribution >= 0.6 is 0 Å². The third-order valence-electron chi connectivity index (χ3n) is 6.15. The van der Waals surface area contributed by atoms with Crippen LogP contribution in [0.3, 0.4) is 0 Å². The van der Waals surface area contributed by atoms with Crippen molar-refractivity contribution in [1.29, 1.82) is 0 Å². The first-order valence-corrected chi connectivity index (χ1v) is 10.1. The number of phenolic OH excluding ortho intramolecular Hbond substituents is 1. The van der Waals surface area contributed by atoms with Gasteiger partial charge >= 0.3 is 6.08 Å². The normalized spacial score (nSPS) is 22.8. The molecular formula is C22H24F3N3O2. The van der Waals surface area contributed by atoms with Crippen LogP contribution in [0, 0.1) is 0 Å². The molecule has 0 atom stereocenters. The molecule has 1 heterocycles. The van der Waals surface area contributed by atoms with Crippen molar-refractivity contribution in [3.8, 4) is 17.0 Å². The Morgan fingerprint density at radius 1 is 1.13 bits per heavy atom. The zero-order valence-corrected chi connectivity index (χ0v) is 16.9. The van der Waals surface area contributed by atoms with Crippen molar-refractivity contribution in [1.82, 2.24) is 10.2 Å². The summed E-state index contributed by atoms with van der Waals surface area (Å²) >= 11 is 0. The Kier molecular flexibility index (Phi) is 5.44. The van der Waals surface area contributed by atoms with Gasteiger partial charge in [-0.05, 0) is 63.1 Å². The number of halogens is 3. The Morgan fingerprint density at radius 3 is 2.47 bits per heavy atom. The average molecular weight is 419 g/mol. The van der Waals surface area contributed by atoms with Crippen LogP contribution in [0.25, 0.3) is 17.1 Å². The summed E-state index contributed by atoms with van der Waals surface area (Å²) in [6.07, 6.45) is 2.99. The number of fused-ring (bicyclic) bond motifs is 1. The molecule has 160 valence electrons. The summed E-state index contributed by atoms with van der Waals surface area (Å²) in [6, 6.07) is 3.88. The molecule has 1 fully saturated rings. The predicted octanol–water partition coefficient (Wildman–Crippen LogP) is 5.24. The lowest BCUT2D eigenvalue weighted by molar-refractivity contribution is -0.0625. The van der Waals surface area contributed by atoms with E-state index in [0.29, 0.717) is 11.3 Å². The minimum absolute atomic E-state index is 0.110. The molecule has 2 aliphatic carbocycles. The molecule has 8 heteroatoms. The van der Waals surface area contributed by atoms with Gasteiger partial charge in [-0.2, -0.15) is 8.78 Å². The third-order valence-corrected chi connectivity index (χ3v) is 6.15. The van der Waals surface area contributed by atoms with Gasteiger partial charge in [-0.25, -0.2) is 4.39 Å². The second-order valence-electron chi connectivity index (χ2n) is 8.27. The number of aromatic nitrogens is 2. The third kappa shape index (κ3) is 3.76. The smallest absolute Gasteiger partial charge is 0.306 e. The molecule has 1 aromatic heterocycles. The number of benzene rings is 1. The van der Waals surface area contributed by atoms with Gasteiger partial charge in [-0.3, -0.25) is 0 Å². The van der Waals surface area contributed by atoms with Crippen molar-refractivity contribution < 1.29 is 23.0 Å². The van der Waals surface area contributed by atoms with E-state index < -0.39 is 11.9 Å². The van der Waals surface area contributed by atoms with Crippen LogP contribution in [0.15, 0.2) is 24.3 Å². The summed E-state index contributed by atoms with van der Waals surface area (Å²) in [5.41, 5.74) is 2.45. The van der Waals surface area contributed by atoms with E-state index in [9.17, 15) is 18.3 Å². The molecule has 1 aromatic carbocycles. The molecule has 5 nitrogen and oxygen atoms in total. The van der Waals surface area contributed by atoms with Crippen LogP contribution in [0.5, 0.6) is 5.75 Å². The fourth-order valence-electron chi connectivity index (χ4n) is 4.40. The molecule has 0 unspecified atom stereocenters. The van der Waals surface area contributed by atoms with Gasteiger partial charge in [0.25, 0.3) is 0 Å². The fourth-order valence-corrected chi connectivity index (χ4v) is 4.40. The minimum Gasteiger partial charge on any atom is -0.507 e. The van der Waals surface area contributed by atoms with E-state index in [1.165, 1.54) is 12.1 Å². The maximum atomic E-state index is 13.5. The van der Waals surface area contributed by atoms with E-state index >= 15 is 0 Å². The van der Waals surface area contributed by atoms with E-state index in [1.807, 2.05) is 0 Å². The number of hydrogen-bond acceptors (Lipinski definition) is 5. The van der Waals surface area contributed by atoms with Crippen LogP contribution in [0.4, 0.5) is 19.0 Å². The lowest BCUT2D eigenvalue weighted by Gasteiger charge is -2.44. The Labute approximate surface area is 173 Å². The van der Waals surface area contributed by atoms with E-state index in [-0.39, 0.29) is 23.0 Å². The lowest BCUT2D eigenvalue weighted by Crippen LogP contribution is -2.50. The van der Waals surface area contributed by atoms with Crippen molar-refractivity contribution in [2.45, 2.75) is 57.1 Å². The van der Waals surface area contributed by atoms with E-state index in [1.54, 1.807) is 7.11 Å². The van der Waals surface area contributed by atoms with Crippen molar-refractivity contribution in [2.75, 3.05) is 12.4 Å². The summed E-state index contributed by atoms with van der Waals surface area (Å²) in [7, 11) is 1.72. The number of nitrogens with zero attached hydrogens (tertiary/aromatic N) is 2. The number of phenols is 1. The highest BCUT2D eigenvalue weighted by Crippen LogP contribution is 2.40. The van der Waals surface area contributed by atoms with Crippen molar-refractivity contribution in [3.05, 3.63) is 41.0 Å². The maximum Gasteiger partial charge on any atom is 0.306 e. The van der Waals surface area contributed by atoms with Gasteiger partial charge in [0.05, 0.1) is 5.60 Å². The van der Waals surface area contributed by atoms with Crippen LogP contribution in [0.2, 0.25) is 0 Å². The molecule has 30 heavy (non-hydrogen) atoms. The first-order chi connectivity index (χ1) is 14.3. The lowest BCUT2D eigenvalue weighted by atomic mass is 9.77. The SMILES string of the molecule is COC1(C)CC(Nc2nnc(-c3ccc(C(F)=C(F)F)cc3O)c3c2CCCC3)C1. The van der Waals surface area contributed by atoms with Crippen LogP contribution < -0.4 is 5.32 Å². The molecule has 0 bridgehead atoms. The summed E-state index contributed by atoms with van der Waals surface area (Å²) in [5.74, 6) is -1.20. The number of aromatic hydroxyl groups is 1. The number of anilines is 1. The zero-order chi connectivity index (χ0) is 21.5. The largest absolute Gasteiger partial charge is 0.507 e. The quantitative estimate of drug-likeness (QED) is 0.694. The Hall–Kier alpha value is -2.61. The van der Waals surface area contributed by atoms with Gasteiger partial charge in [0.2, 0.25) is 0 Å². The Balaban J connectivity index is 1.66. The van der Waals surface area contributed by atoms with Gasteiger partial charge in [0.1, 0.15) is 11.4 Å². The summed E-state index contributed by atoms with van der Waals surface area (Å²) in [6.45, 7) is 2.08. The standard InChI is InChI=1S/C22H24F3N3O2/c1-22(30-2)10-13(11-22)26-21-15-6-4-3-5-14(15)19(27-28-21)16-8-7-12(9-17(16)29)18(23)20(24)25/h7-9,13,29H,3-6,10-11H2,1-2H3,(H,26,28). The topological polar surface area (TPSA) is 67.3 Å². The monoisotopic (exact) mass is 419 g/mol. The van der Waals surface area contributed by atoms with Gasteiger partial charge in [0.15, 0.2) is 11.6 Å². The first kappa shape index (κ1) is 20.7. The highest BCUT2D eigenvalue weighted by Gasteiger charge is 2.41. The molecular weight excluding hydrogens is 395 g/mol. The predicted molar refractivity (Wildman–Crippen MR) is 108 cm³/mol. The molecule has 0 saturated heterocycles. The van der Waals surface area contributed by atoms with E-state index in [0.717, 1.165) is 61.5 Å². The average Bonchev–Trinajstić information content (AvgIpc) is 2.72. The van der Waals surface area contributed by atoms with Gasteiger partial charge < -0.3 is 15.2 Å².